The van der Waals surface area contributed by atoms with E-state index in [0.717, 1.165) is 11.3 Å². The van der Waals surface area contributed by atoms with Gasteiger partial charge in [0.25, 0.3) is 5.91 Å². The highest BCUT2D eigenvalue weighted by molar-refractivity contribution is 6.01. The van der Waals surface area contributed by atoms with Crippen LogP contribution in [0.5, 0.6) is 0 Å². The minimum Gasteiger partial charge on any atom is -0.444 e. The molecule has 146 valence electrons. The molecule has 0 aromatic heterocycles. The van der Waals surface area contributed by atoms with Crippen molar-refractivity contribution in [1.29, 1.82) is 0 Å². The van der Waals surface area contributed by atoms with Crippen molar-refractivity contribution in [1.82, 2.24) is 5.32 Å². The highest BCUT2D eigenvalue weighted by Crippen LogP contribution is 2.26. The first kappa shape index (κ1) is 19.4. The van der Waals surface area contributed by atoms with Crippen LogP contribution in [0.4, 0.5) is 16.2 Å². The van der Waals surface area contributed by atoms with Crippen LogP contribution >= 0.6 is 0 Å². The Balaban J connectivity index is 1.78. The van der Waals surface area contributed by atoms with Gasteiger partial charge in [0, 0.05) is 11.4 Å². The maximum absolute atomic E-state index is 12.9. The molecule has 0 spiro atoms. The van der Waals surface area contributed by atoms with Gasteiger partial charge in [0.05, 0.1) is 6.42 Å². The molecule has 1 heterocycles. The number of anilines is 2. The summed E-state index contributed by atoms with van der Waals surface area (Å²) >= 11 is 0. The molecule has 1 aliphatic rings. The third kappa shape index (κ3) is 4.88. The Morgan fingerprint density at radius 2 is 1.82 bits per heavy atom. The van der Waals surface area contributed by atoms with Crippen LogP contribution in [0.2, 0.25) is 0 Å². The Morgan fingerprint density at radius 1 is 1.11 bits per heavy atom. The first-order valence-corrected chi connectivity index (χ1v) is 8.99. The lowest BCUT2D eigenvalue weighted by Gasteiger charge is -2.23. The zero-order valence-electron chi connectivity index (χ0n) is 16.0. The SMILES string of the molecule is CC(C)(C)OC(=O)NC(C(=O)Nc1ccc2c(c1)CC(=O)N2)c1ccccc1. The molecule has 1 atom stereocenters. The fraction of sp³-hybridized carbons (Fsp3) is 0.286. The van der Waals surface area contributed by atoms with Crippen molar-refractivity contribution in [3.63, 3.8) is 0 Å². The van der Waals surface area contributed by atoms with Crippen LogP contribution in [0.1, 0.15) is 37.9 Å². The summed E-state index contributed by atoms with van der Waals surface area (Å²) in [4.78, 5) is 36.6. The topological polar surface area (TPSA) is 96.5 Å². The van der Waals surface area contributed by atoms with Crippen LogP contribution in [-0.2, 0) is 20.7 Å². The Bertz CT molecular complexity index is 904. The third-order valence-corrected chi connectivity index (χ3v) is 4.05. The number of rotatable bonds is 4. The molecule has 28 heavy (non-hydrogen) atoms. The van der Waals surface area contributed by atoms with Gasteiger partial charge in [0.1, 0.15) is 11.6 Å². The number of carbonyl (C=O) groups is 3. The van der Waals surface area contributed by atoms with Crippen molar-refractivity contribution < 1.29 is 19.1 Å². The second-order valence-corrected chi connectivity index (χ2v) is 7.58. The fourth-order valence-electron chi connectivity index (χ4n) is 2.89. The first-order chi connectivity index (χ1) is 13.2. The molecule has 2 aromatic carbocycles. The number of ether oxygens (including phenoxy) is 1. The predicted molar refractivity (Wildman–Crippen MR) is 106 cm³/mol. The van der Waals surface area contributed by atoms with Crippen molar-refractivity contribution in [3.05, 3.63) is 59.7 Å². The maximum atomic E-state index is 12.9. The summed E-state index contributed by atoms with van der Waals surface area (Å²) in [5.41, 5.74) is 2.06. The van der Waals surface area contributed by atoms with Gasteiger partial charge in [-0.15, -0.1) is 0 Å². The van der Waals surface area contributed by atoms with E-state index < -0.39 is 23.6 Å². The summed E-state index contributed by atoms with van der Waals surface area (Å²) in [6.07, 6.45) is -0.405. The molecular formula is C21H23N3O4. The third-order valence-electron chi connectivity index (χ3n) is 4.05. The molecule has 7 nitrogen and oxygen atoms in total. The van der Waals surface area contributed by atoms with Gasteiger partial charge < -0.3 is 20.7 Å². The summed E-state index contributed by atoms with van der Waals surface area (Å²) in [6.45, 7) is 5.26. The number of fused-ring (bicyclic) bond motifs is 1. The Labute approximate surface area is 163 Å². The van der Waals surface area contributed by atoms with E-state index in [1.54, 1.807) is 63.2 Å². The van der Waals surface area contributed by atoms with E-state index >= 15 is 0 Å². The van der Waals surface area contributed by atoms with E-state index in [1.165, 1.54) is 0 Å². The second kappa shape index (κ2) is 7.72. The van der Waals surface area contributed by atoms with Gasteiger partial charge in [-0.3, -0.25) is 9.59 Å². The van der Waals surface area contributed by atoms with E-state index in [9.17, 15) is 14.4 Å². The molecule has 3 amide bonds. The molecule has 0 saturated heterocycles. The van der Waals surface area contributed by atoms with E-state index in [-0.39, 0.29) is 12.3 Å². The maximum Gasteiger partial charge on any atom is 0.408 e. The molecule has 1 aliphatic heterocycles. The largest absolute Gasteiger partial charge is 0.444 e. The normalized spacial score (nSPS) is 13.9. The minimum absolute atomic E-state index is 0.0766. The Kier molecular flexibility index (Phi) is 5.35. The smallest absolute Gasteiger partial charge is 0.408 e. The number of alkyl carbamates (subject to hydrolysis) is 1. The van der Waals surface area contributed by atoms with Crippen LogP contribution in [0, 0.1) is 0 Å². The summed E-state index contributed by atoms with van der Waals surface area (Å²) in [7, 11) is 0. The summed E-state index contributed by atoms with van der Waals surface area (Å²) in [5.74, 6) is -0.485. The molecule has 3 rings (SSSR count). The van der Waals surface area contributed by atoms with Gasteiger partial charge in [-0.1, -0.05) is 30.3 Å². The van der Waals surface area contributed by atoms with Gasteiger partial charge in [-0.2, -0.15) is 0 Å². The number of amides is 3. The molecule has 1 unspecified atom stereocenters. The number of nitrogens with one attached hydrogen (secondary N) is 3. The Morgan fingerprint density at radius 3 is 2.50 bits per heavy atom. The van der Waals surface area contributed by atoms with Gasteiger partial charge >= 0.3 is 6.09 Å². The quantitative estimate of drug-likeness (QED) is 0.756. The van der Waals surface area contributed by atoms with Crippen molar-refractivity contribution >= 4 is 29.3 Å². The van der Waals surface area contributed by atoms with Crippen molar-refractivity contribution in [2.24, 2.45) is 0 Å². The zero-order chi connectivity index (χ0) is 20.3. The predicted octanol–water partition coefficient (Wildman–Crippen LogP) is 3.39. The molecule has 7 heteroatoms. The monoisotopic (exact) mass is 381 g/mol. The number of benzene rings is 2. The molecule has 0 fully saturated rings. The lowest BCUT2D eigenvalue weighted by molar-refractivity contribution is -0.118. The first-order valence-electron chi connectivity index (χ1n) is 8.99. The number of hydrogen-bond acceptors (Lipinski definition) is 4. The fourth-order valence-corrected chi connectivity index (χ4v) is 2.89. The summed E-state index contributed by atoms with van der Waals surface area (Å²) in [5, 5.41) is 8.18. The molecule has 0 bridgehead atoms. The number of hydrogen-bond donors (Lipinski definition) is 3. The standard InChI is InChI=1S/C21H23N3O4/c1-21(2,3)28-20(27)24-18(13-7-5-4-6-8-13)19(26)22-15-9-10-16-14(11-15)12-17(25)23-16/h4-11,18H,12H2,1-3H3,(H,22,26)(H,23,25)(H,24,27). The van der Waals surface area contributed by atoms with Crippen molar-refractivity contribution in [2.75, 3.05) is 10.6 Å². The van der Waals surface area contributed by atoms with E-state index in [4.69, 9.17) is 4.74 Å². The molecule has 0 radical (unpaired) electrons. The zero-order valence-corrected chi connectivity index (χ0v) is 16.0. The molecular weight excluding hydrogens is 358 g/mol. The van der Waals surface area contributed by atoms with Crippen LogP contribution in [0.15, 0.2) is 48.5 Å². The highest BCUT2D eigenvalue weighted by atomic mass is 16.6. The lowest BCUT2D eigenvalue weighted by atomic mass is 10.1. The molecule has 2 aromatic rings. The van der Waals surface area contributed by atoms with E-state index in [0.29, 0.717) is 11.3 Å². The molecule has 0 aliphatic carbocycles. The minimum atomic E-state index is -0.927. The van der Waals surface area contributed by atoms with Gasteiger partial charge in [0.2, 0.25) is 5.91 Å². The van der Waals surface area contributed by atoms with Crippen molar-refractivity contribution in [3.8, 4) is 0 Å². The summed E-state index contributed by atoms with van der Waals surface area (Å²) in [6, 6.07) is 13.2. The van der Waals surface area contributed by atoms with E-state index in [1.807, 2.05) is 6.07 Å². The van der Waals surface area contributed by atoms with Crippen LogP contribution < -0.4 is 16.0 Å². The average molecular weight is 381 g/mol. The van der Waals surface area contributed by atoms with Crippen LogP contribution in [-0.4, -0.2) is 23.5 Å². The second-order valence-electron chi connectivity index (χ2n) is 7.58. The van der Waals surface area contributed by atoms with Gasteiger partial charge in [-0.05, 0) is 50.1 Å². The van der Waals surface area contributed by atoms with Gasteiger partial charge in [-0.25, -0.2) is 4.79 Å². The van der Waals surface area contributed by atoms with Crippen molar-refractivity contribution in [2.45, 2.75) is 38.8 Å². The van der Waals surface area contributed by atoms with Gasteiger partial charge in [0.15, 0.2) is 0 Å². The highest BCUT2D eigenvalue weighted by Gasteiger charge is 2.26. The molecule has 3 N–H and O–H groups in total. The number of carbonyl (C=O) groups excluding carboxylic acids is 3. The average Bonchev–Trinajstić information content (AvgIpc) is 2.98. The summed E-state index contributed by atoms with van der Waals surface area (Å²) < 4.78 is 5.29. The molecule has 0 saturated carbocycles. The van der Waals surface area contributed by atoms with Crippen LogP contribution in [0.3, 0.4) is 0 Å². The van der Waals surface area contributed by atoms with Crippen LogP contribution in [0.25, 0.3) is 0 Å². The Hall–Kier alpha value is -3.35. The van der Waals surface area contributed by atoms with E-state index in [2.05, 4.69) is 16.0 Å². The lowest BCUT2D eigenvalue weighted by Crippen LogP contribution is -2.40.